The minimum absolute atomic E-state index is 0.0297. The van der Waals surface area contributed by atoms with E-state index in [2.05, 4.69) is 13.8 Å². The minimum atomic E-state index is -0.575. The van der Waals surface area contributed by atoms with Gasteiger partial charge in [0.2, 0.25) is 0 Å². The molecule has 0 saturated heterocycles. The first-order valence-corrected chi connectivity index (χ1v) is 8.50. The van der Waals surface area contributed by atoms with Gasteiger partial charge in [0.05, 0.1) is 7.11 Å². The average molecular weight is 344 g/mol. The zero-order valence-corrected chi connectivity index (χ0v) is 14.7. The second-order valence-electron chi connectivity index (χ2n) is 7.36. The lowest BCUT2D eigenvalue weighted by atomic mass is 9.75. The van der Waals surface area contributed by atoms with Gasteiger partial charge >= 0.3 is 0 Å². The Balaban J connectivity index is 2.28. The highest BCUT2D eigenvalue weighted by Gasteiger charge is 2.37. The summed E-state index contributed by atoms with van der Waals surface area (Å²) in [6.07, 6.45) is 3.59. The first-order chi connectivity index (χ1) is 11.9. The summed E-state index contributed by atoms with van der Waals surface area (Å²) in [5.41, 5.74) is 1.37. The number of halogens is 2. The summed E-state index contributed by atoms with van der Waals surface area (Å²) >= 11 is 0. The Morgan fingerprint density at radius 3 is 2.52 bits per heavy atom. The van der Waals surface area contributed by atoms with Crippen LogP contribution in [0.2, 0.25) is 0 Å². The van der Waals surface area contributed by atoms with Crippen molar-refractivity contribution in [3.8, 4) is 16.9 Å². The quantitative estimate of drug-likeness (QED) is 0.661. The Kier molecular flexibility index (Phi) is 4.63. The van der Waals surface area contributed by atoms with Gasteiger partial charge in [0.15, 0.2) is 0 Å². The summed E-state index contributed by atoms with van der Waals surface area (Å²) in [4.78, 5) is 11.2. The Morgan fingerprint density at radius 2 is 1.92 bits per heavy atom. The lowest BCUT2D eigenvalue weighted by molar-refractivity contribution is 0.112. The molecule has 1 unspecified atom stereocenters. The van der Waals surface area contributed by atoms with Crippen LogP contribution in [0.5, 0.6) is 5.75 Å². The molecule has 0 aromatic heterocycles. The van der Waals surface area contributed by atoms with Gasteiger partial charge in [-0.1, -0.05) is 20.3 Å². The van der Waals surface area contributed by atoms with Crippen LogP contribution in [0.3, 0.4) is 0 Å². The molecule has 4 heteroatoms. The standard InChI is InChI=1S/C21H22F2O2/c1-21(2)8-4-5-17(21)15-9-13(12-24)10-19(23)20(15)16-11-14(25-3)6-7-18(16)22/h6-7,9-12,17H,4-5,8H2,1-3H3. The summed E-state index contributed by atoms with van der Waals surface area (Å²) in [5.74, 6) is -0.542. The fraction of sp³-hybridized carbons (Fsp3) is 0.381. The molecule has 1 fully saturated rings. The van der Waals surface area contributed by atoms with E-state index in [4.69, 9.17) is 4.74 Å². The van der Waals surface area contributed by atoms with Crippen molar-refractivity contribution in [2.24, 2.45) is 5.41 Å². The number of benzene rings is 2. The predicted octanol–water partition coefficient (Wildman–Crippen LogP) is 5.75. The largest absolute Gasteiger partial charge is 0.497 e. The summed E-state index contributed by atoms with van der Waals surface area (Å²) in [6.45, 7) is 4.28. The number of ether oxygens (including phenoxy) is 1. The second-order valence-corrected chi connectivity index (χ2v) is 7.36. The van der Waals surface area contributed by atoms with Crippen molar-refractivity contribution in [2.75, 3.05) is 7.11 Å². The molecule has 0 amide bonds. The molecule has 0 aliphatic heterocycles. The highest BCUT2D eigenvalue weighted by atomic mass is 19.1. The number of carbonyl (C=O) groups excluding carboxylic acids is 1. The van der Waals surface area contributed by atoms with Crippen molar-refractivity contribution in [2.45, 2.75) is 39.0 Å². The molecule has 1 aliphatic carbocycles. The van der Waals surface area contributed by atoms with Crippen LogP contribution in [0.4, 0.5) is 8.78 Å². The average Bonchev–Trinajstić information content (AvgIpc) is 2.94. The Bertz CT molecular complexity index is 812. The smallest absolute Gasteiger partial charge is 0.150 e. The second kappa shape index (κ2) is 6.58. The van der Waals surface area contributed by atoms with E-state index in [0.29, 0.717) is 17.6 Å². The third kappa shape index (κ3) is 3.17. The molecule has 3 rings (SSSR count). The van der Waals surface area contributed by atoms with Gasteiger partial charge in [0.25, 0.3) is 0 Å². The lowest BCUT2D eigenvalue weighted by Gasteiger charge is -2.29. The molecule has 0 spiro atoms. The van der Waals surface area contributed by atoms with E-state index in [1.165, 1.54) is 31.4 Å². The van der Waals surface area contributed by atoms with Crippen molar-refractivity contribution in [3.63, 3.8) is 0 Å². The van der Waals surface area contributed by atoms with Crippen LogP contribution in [0.15, 0.2) is 30.3 Å². The summed E-state index contributed by atoms with van der Waals surface area (Å²) in [5, 5.41) is 0. The number of hydrogen-bond acceptors (Lipinski definition) is 2. The van der Waals surface area contributed by atoms with Crippen LogP contribution in [-0.4, -0.2) is 13.4 Å². The highest BCUT2D eigenvalue weighted by molar-refractivity contribution is 5.80. The zero-order valence-electron chi connectivity index (χ0n) is 14.7. The predicted molar refractivity (Wildman–Crippen MR) is 94.1 cm³/mol. The van der Waals surface area contributed by atoms with E-state index in [1.54, 1.807) is 6.07 Å². The van der Waals surface area contributed by atoms with Gasteiger partial charge in [-0.25, -0.2) is 8.78 Å². The van der Waals surface area contributed by atoms with Gasteiger partial charge in [-0.2, -0.15) is 0 Å². The monoisotopic (exact) mass is 344 g/mol. The molecule has 2 nitrogen and oxygen atoms in total. The SMILES string of the molecule is COc1ccc(F)c(-c2c(F)cc(C=O)cc2C2CCCC2(C)C)c1. The fourth-order valence-corrected chi connectivity index (χ4v) is 4.00. The lowest BCUT2D eigenvalue weighted by Crippen LogP contribution is -2.17. The molecule has 2 aromatic rings. The van der Waals surface area contributed by atoms with E-state index in [-0.39, 0.29) is 28.0 Å². The van der Waals surface area contributed by atoms with Gasteiger partial charge in [-0.05, 0) is 60.1 Å². The molecule has 0 heterocycles. The molecule has 132 valence electrons. The molecule has 1 aliphatic rings. The van der Waals surface area contributed by atoms with Gasteiger partial charge in [0, 0.05) is 16.7 Å². The zero-order chi connectivity index (χ0) is 18.2. The van der Waals surface area contributed by atoms with Crippen LogP contribution in [-0.2, 0) is 0 Å². The number of carbonyl (C=O) groups is 1. The maximum Gasteiger partial charge on any atom is 0.150 e. The molecule has 2 aromatic carbocycles. The molecular weight excluding hydrogens is 322 g/mol. The van der Waals surface area contributed by atoms with E-state index in [1.807, 2.05) is 0 Å². The number of methoxy groups -OCH3 is 1. The molecule has 0 N–H and O–H groups in total. The van der Waals surface area contributed by atoms with Crippen LogP contribution in [0.25, 0.3) is 11.1 Å². The maximum absolute atomic E-state index is 14.9. The molecular formula is C21H22F2O2. The van der Waals surface area contributed by atoms with E-state index < -0.39 is 11.6 Å². The molecule has 0 bridgehead atoms. The summed E-state index contributed by atoms with van der Waals surface area (Å²) < 4.78 is 34.6. The van der Waals surface area contributed by atoms with Gasteiger partial charge < -0.3 is 4.74 Å². The van der Waals surface area contributed by atoms with Crippen LogP contribution >= 0.6 is 0 Å². The van der Waals surface area contributed by atoms with Crippen molar-refractivity contribution < 1.29 is 18.3 Å². The van der Waals surface area contributed by atoms with E-state index in [9.17, 15) is 13.6 Å². The van der Waals surface area contributed by atoms with Gasteiger partial charge in [-0.3, -0.25) is 4.79 Å². The third-order valence-electron chi connectivity index (χ3n) is 5.35. The number of aldehydes is 1. The first kappa shape index (κ1) is 17.6. The van der Waals surface area contributed by atoms with E-state index >= 15 is 0 Å². The first-order valence-electron chi connectivity index (χ1n) is 8.50. The van der Waals surface area contributed by atoms with Crippen molar-refractivity contribution in [3.05, 3.63) is 53.1 Å². The Labute approximate surface area is 146 Å². The minimum Gasteiger partial charge on any atom is -0.497 e. The van der Waals surface area contributed by atoms with Crippen molar-refractivity contribution in [1.82, 2.24) is 0 Å². The number of hydrogen-bond donors (Lipinski definition) is 0. The normalized spacial score (nSPS) is 19.0. The Morgan fingerprint density at radius 1 is 1.16 bits per heavy atom. The van der Waals surface area contributed by atoms with Crippen LogP contribution in [0, 0.1) is 17.0 Å². The van der Waals surface area contributed by atoms with Gasteiger partial charge in [-0.15, -0.1) is 0 Å². The highest BCUT2D eigenvalue weighted by Crippen LogP contribution is 2.51. The summed E-state index contributed by atoms with van der Waals surface area (Å²) in [6, 6.07) is 7.19. The van der Waals surface area contributed by atoms with Crippen molar-refractivity contribution in [1.29, 1.82) is 0 Å². The topological polar surface area (TPSA) is 26.3 Å². The van der Waals surface area contributed by atoms with Crippen molar-refractivity contribution >= 4 is 6.29 Å². The van der Waals surface area contributed by atoms with E-state index in [0.717, 1.165) is 19.3 Å². The Hall–Kier alpha value is -2.23. The van der Waals surface area contributed by atoms with Gasteiger partial charge in [0.1, 0.15) is 23.7 Å². The molecule has 25 heavy (non-hydrogen) atoms. The maximum atomic E-state index is 14.9. The summed E-state index contributed by atoms with van der Waals surface area (Å²) in [7, 11) is 1.49. The van der Waals surface area contributed by atoms with Crippen LogP contribution < -0.4 is 4.74 Å². The molecule has 1 atom stereocenters. The molecule has 1 saturated carbocycles. The molecule has 0 radical (unpaired) electrons. The fourth-order valence-electron chi connectivity index (χ4n) is 4.00. The number of rotatable bonds is 4. The van der Waals surface area contributed by atoms with Crippen LogP contribution in [0.1, 0.15) is 54.9 Å². The third-order valence-corrected chi connectivity index (χ3v) is 5.35.